The van der Waals surface area contributed by atoms with E-state index in [0.29, 0.717) is 29.9 Å². The van der Waals surface area contributed by atoms with E-state index in [9.17, 15) is 9.59 Å². The van der Waals surface area contributed by atoms with Crippen molar-refractivity contribution >= 4 is 47.5 Å². The molecule has 0 aliphatic carbocycles. The van der Waals surface area contributed by atoms with Crippen LogP contribution in [0.2, 0.25) is 0 Å². The van der Waals surface area contributed by atoms with Crippen LogP contribution in [0.4, 0.5) is 5.69 Å². The maximum atomic E-state index is 12.4. The third-order valence-corrected chi connectivity index (χ3v) is 4.37. The molecule has 1 saturated heterocycles. The van der Waals surface area contributed by atoms with Crippen LogP contribution >= 0.6 is 24.8 Å². The molecule has 2 heterocycles. The summed E-state index contributed by atoms with van der Waals surface area (Å²) in [5.41, 5.74) is 1.94. The molecule has 0 saturated carbocycles. The van der Waals surface area contributed by atoms with Gasteiger partial charge in [0.05, 0.1) is 11.4 Å². The quantitative estimate of drug-likeness (QED) is 0.795. The summed E-state index contributed by atoms with van der Waals surface area (Å²) in [6.07, 6.45) is 1.92. The summed E-state index contributed by atoms with van der Waals surface area (Å²) in [7, 11) is 3.91. The van der Waals surface area contributed by atoms with Crippen molar-refractivity contribution in [3.63, 3.8) is 0 Å². The molecule has 9 heteroatoms. The predicted octanol–water partition coefficient (Wildman–Crippen LogP) is 1.94. The van der Waals surface area contributed by atoms with Crippen molar-refractivity contribution in [1.29, 1.82) is 0 Å². The Kier molecular flexibility index (Phi) is 8.62. The lowest BCUT2D eigenvalue weighted by Crippen LogP contribution is -2.37. The number of amides is 1. The smallest absolute Gasteiger partial charge is 0.408 e. The molecule has 3 rings (SSSR count). The molecule has 1 aliphatic heterocycles. The second-order valence-electron chi connectivity index (χ2n) is 6.54. The molecular formula is C17H26Cl2N4O3. The fourth-order valence-electron chi connectivity index (χ4n) is 2.97. The molecule has 2 aromatic rings. The van der Waals surface area contributed by atoms with E-state index in [4.69, 9.17) is 4.42 Å². The molecule has 2 N–H and O–H groups in total. The minimum Gasteiger partial charge on any atom is -0.408 e. The number of oxazole rings is 1. The Hall–Kier alpha value is -1.54. The number of rotatable bonds is 5. The first kappa shape index (κ1) is 22.5. The molecule has 1 aromatic heterocycles. The van der Waals surface area contributed by atoms with Gasteiger partial charge in [-0.3, -0.25) is 9.36 Å². The maximum Gasteiger partial charge on any atom is 0.419 e. The lowest BCUT2D eigenvalue weighted by atomic mass is 9.99. The molecule has 26 heavy (non-hydrogen) atoms. The van der Waals surface area contributed by atoms with Gasteiger partial charge in [0, 0.05) is 25.3 Å². The lowest BCUT2D eigenvalue weighted by molar-refractivity contribution is -0.120. The number of halogens is 2. The number of benzene rings is 1. The lowest BCUT2D eigenvalue weighted by Gasteiger charge is -2.21. The molecule has 0 bridgehead atoms. The Labute approximate surface area is 164 Å². The highest BCUT2D eigenvalue weighted by atomic mass is 35.5. The van der Waals surface area contributed by atoms with Gasteiger partial charge in [0.2, 0.25) is 5.91 Å². The van der Waals surface area contributed by atoms with Gasteiger partial charge in [-0.25, -0.2) is 4.79 Å². The predicted molar refractivity (Wildman–Crippen MR) is 108 cm³/mol. The third-order valence-electron chi connectivity index (χ3n) is 4.37. The van der Waals surface area contributed by atoms with Gasteiger partial charge in [0.1, 0.15) is 0 Å². The van der Waals surface area contributed by atoms with E-state index < -0.39 is 0 Å². The van der Waals surface area contributed by atoms with Gasteiger partial charge >= 0.3 is 5.76 Å². The summed E-state index contributed by atoms with van der Waals surface area (Å²) in [6, 6.07) is 5.32. The molecule has 1 aliphatic rings. The Bertz CT molecular complexity index is 782. The first-order chi connectivity index (χ1) is 11.5. The topological polar surface area (TPSA) is 79.5 Å². The van der Waals surface area contributed by atoms with Crippen LogP contribution in [-0.4, -0.2) is 49.1 Å². The summed E-state index contributed by atoms with van der Waals surface area (Å²) in [5.74, 6) is -0.353. The number of carbonyl (C=O) groups excluding carboxylic acids is 1. The average Bonchev–Trinajstić information content (AvgIpc) is 2.88. The van der Waals surface area contributed by atoms with Crippen molar-refractivity contribution in [2.75, 3.05) is 39.0 Å². The van der Waals surface area contributed by atoms with Gasteiger partial charge in [-0.15, -0.1) is 24.8 Å². The molecule has 7 nitrogen and oxygen atoms in total. The van der Waals surface area contributed by atoms with E-state index in [0.717, 1.165) is 25.9 Å². The van der Waals surface area contributed by atoms with Crippen molar-refractivity contribution in [1.82, 2.24) is 14.8 Å². The standard InChI is InChI=1S/C17H24N4O3.2ClH/c1-20(2)8-9-21-14-10-13(5-6-15(14)24-17(21)23)19-16(22)12-4-3-7-18-11-12;;/h5-6,10,12,18H,3-4,7-9,11H2,1-2H3,(H,19,22);2*1H. The van der Waals surface area contributed by atoms with Crippen LogP contribution in [0, 0.1) is 5.92 Å². The first-order valence-electron chi connectivity index (χ1n) is 8.34. The van der Waals surface area contributed by atoms with Crippen LogP contribution in [0.5, 0.6) is 0 Å². The molecular weight excluding hydrogens is 379 g/mol. The molecule has 1 fully saturated rings. The average molecular weight is 405 g/mol. The SMILES string of the molecule is CN(C)CCn1c(=O)oc2ccc(NC(=O)C3CCCNC3)cc21.Cl.Cl. The number of likely N-dealkylation sites (N-methyl/N-ethyl adjacent to an activating group) is 1. The summed E-state index contributed by atoms with van der Waals surface area (Å²) in [4.78, 5) is 26.4. The van der Waals surface area contributed by atoms with Crippen LogP contribution in [0.25, 0.3) is 11.1 Å². The minimum absolute atomic E-state index is 0. The van der Waals surface area contributed by atoms with Crippen molar-refractivity contribution in [3.8, 4) is 0 Å². The Morgan fingerprint density at radius 2 is 2.15 bits per heavy atom. The number of anilines is 1. The van der Waals surface area contributed by atoms with Gasteiger partial charge in [0.25, 0.3) is 0 Å². The first-order valence-corrected chi connectivity index (χ1v) is 8.34. The van der Waals surface area contributed by atoms with Crippen LogP contribution in [0.15, 0.2) is 27.4 Å². The second-order valence-corrected chi connectivity index (χ2v) is 6.54. The molecule has 1 aromatic carbocycles. The normalized spacial score (nSPS) is 16.8. The van der Waals surface area contributed by atoms with Crippen molar-refractivity contribution in [2.45, 2.75) is 19.4 Å². The summed E-state index contributed by atoms with van der Waals surface area (Å²) >= 11 is 0. The summed E-state index contributed by atoms with van der Waals surface area (Å²) in [5, 5.41) is 6.20. The number of fused-ring (bicyclic) bond motifs is 1. The number of nitrogens with one attached hydrogen (secondary N) is 2. The molecule has 0 spiro atoms. The molecule has 146 valence electrons. The fraction of sp³-hybridized carbons (Fsp3) is 0.529. The number of hydrogen-bond acceptors (Lipinski definition) is 5. The van der Waals surface area contributed by atoms with Crippen molar-refractivity contribution in [2.24, 2.45) is 5.92 Å². The zero-order chi connectivity index (χ0) is 17.1. The highest BCUT2D eigenvalue weighted by molar-refractivity contribution is 5.94. The maximum absolute atomic E-state index is 12.4. The van der Waals surface area contributed by atoms with E-state index in [-0.39, 0.29) is 42.4 Å². The number of hydrogen-bond donors (Lipinski definition) is 2. The summed E-state index contributed by atoms with van der Waals surface area (Å²) in [6.45, 7) is 2.97. The van der Waals surface area contributed by atoms with Gasteiger partial charge in [-0.1, -0.05) is 0 Å². The van der Waals surface area contributed by atoms with E-state index in [1.807, 2.05) is 25.1 Å². The zero-order valence-corrected chi connectivity index (χ0v) is 16.6. The molecule has 1 amide bonds. The molecule has 1 atom stereocenters. The van der Waals surface area contributed by atoms with Crippen LogP contribution in [0.3, 0.4) is 0 Å². The van der Waals surface area contributed by atoms with Gasteiger partial charge in [-0.05, 0) is 51.7 Å². The van der Waals surface area contributed by atoms with Crippen LogP contribution in [0.1, 0.15) is 12.8 Å². The largest absolute Gasteiger partial charge is 0.419 e. The van der Waals surface area contributed by atoms with E-state index in [1.165, 1.54) is 0 Å². The third kappa shape index (κ3) is 5.23. The molecule has 0 radical (unpaired) electrons. The number of aromatic nitrogens is 1. The Morgan fingerprint density at radius 1 is 1.38 bits per heavy atom. The van der Waals surface area contributed by atoms with Crippen molar-refractivity contribution < 1.29 is 9.21 Å². The van der Waals surface area contributed by atoms with Gasteiger partial charge < -0.3 is 20.0 Å². The fourth-order valence-corrected chi connectivity index (χ4v) is 2.97. The number of piperidine rings is 1. The number of carbonyl (C=O) groups is 1. The van der Waals surface area contributed by atoms with E-state index >= 15 is 0 Å². The van der Waals surface area contributed by atoms with Crippen molar-refractivity contribution in [3.05, 3.63) is 28.7 Å². The Balaban J connectivity index is 0.00000169. The van der Waals surface area contributed by atoms with Gasteiger partial charge in [0.15, 0.2) is 5.58 Å². The zero-order valence-electron chi connectivity index (χ0n) is 15.0. The number of nitrogens with zero attached hydrogens (tertiary/aromatic N) is 2. The van der Waals surface area contributed by atoms with E-state index in [2.05, 4.69) is 10.6 Å². The summed E-state index contributed by atoms with van der Waals surface area (Å²) < 4.78 is 6.88. The second kappa shape index (κ2) is 9.97. The van der Waals surface area contributed by atoms with E-state index in [1.54, 1.807) is 16.7 Å². The minimum atomic E-state index is -0.369. The highest BCUT2D eigenvalue weighted by Gasteiger charge is 2.21. The Morgan fingerprint density at radius 3 is 2.81 bits per heavy atom. The van der Waals surface area contributed by atoms with Crippen LogP contribution < -0.4 is 16.4 Å². The molecule has 1 unspecified atom stereocenters. The monoisotopic (exact) mass is 404 g/mol. The highest BCUT2D eigenvalue weighted by Crippen LogP contribution is 2.20. The van der Waals surface area contributed by atoms with Crippen LogP contribution in [-0.2, 0) is 11.3 Å². The van der Waals surface area contributed by atoms with Gasteiger partial charge in [-0.2, -0.15) is 0 Å².